The maximum atomic E-state index is 13.3. The average molecular weight is 534 g/mol. The number of aromatic nitrogens is 1. The summed E-state index contributed by atoms with van der Waals surface area (Å²) in [6.07, 6.45) is 3.67. The molecule has 3 aromatic carbocycles. The van der Waals surface area contributed by atoms with Crippen LogP contribution in [-0.4, -0.2) is 43.2 Å². The zero-order valence-electron chi connectivity index (χ0n) is 20.5. The van der Waals surface area contributed by atoms with Crippen LogP contribution in [0.3, 0.4) is 0 Å². The molecule has 5 rings (SSSR count). The number of rotatable bonds is 6. The van der Waals surface area contributed by atoms with Gasteiger partial charge in [0.05, 0.1) is 10.6 Å². The van der Waals surface area contributed by atoms with Crippen molar-refractivity contribution in [2.75, 3.05) is 18.8 Å². The number of hydrogen-bond acceptors (Lipinski definition) is 4. The molecule has 0 spiro atoms. The van der Waals surface area contributed by atoms with Crippen molar-refractivity contribution in [1.29, 1.82) is 0 Å². The van der Waals surface area contributed by atoms with Crippen molar-refractivity contribution in [1.82, 2.24) is 15.2 Å². The minimum Gasteiger partial charge on any atom is -0.334 e. The van der Waals surface area contributed by atoms with E-state index in [1.54, 1.807) is 37.4 Å². The van der Waals surface area contributed by atoms with E-state index >= 15 is 0 Å². The molecule has 4 aromatic rings. The Morgan fingerprint density at radius 3 is 2.54 bits per heavy atom. The molecule has 0 bridgehead atoms. The molecule has 1 fully saturated rings. The number of carbonyl (C=O) groups is 1. The third-order valence-corrected chi connectivity index (χ3v) is 9.09. The van der Waals surface area contributed by atoms with Crippen LogP contribution in [0.5, 0.6) is 0 Å². The topological polar surface area (TPSA) is 79.4 Å². The Bertz CT molecular complexity index is 1530. The highest BCUT2D eigenvalue weighted by Crippen LogP contribution is 2.42. The van der Waals surface area contributed by atoms with Crippen LogP contribution in [0, 0.1) is 0 Å². The van der Waals surface area contributed by atoms with Gasteiger partial charge in [-0.15, -0.1) is 0 Å². The van der Waals surface area contributed by atoms with Gasteiger partial charge in [0.25, 0.3) is 0 Å². The van der Waals surface area contributed by atoms with Crippen molar-refractivity contribution in [3.63, 3.8) is 0 Å². The number of carbonyl (C=O) groups excluding carboxylic acids is 1. The second-order valence-electron chi connectivity index (χ2n) is 9.32. The van der Waals surface area contributed by atoms with Gasteiger partial charge in [0.15, 0.2) is 9.84 Å². The van der Waals surface area contributed by atoms with E-state index in [1.807, 2.05) is 41.4 Å². The van der Waals surface area contributed by atoms with Crippen molar-refractivity contribution < 1.29 is 13.2 Å². The first-order valence-electron chi connectivity index (χ1n) is 12.3. The largest absolute Gasteiger partial charge is 0.334 e. The van der Waals surface area contributed by atoms with Crippen molar-refractivity contribution in [2.24, 2.45) is 0 Å². The number of amides is 2. The number of fused-ring (bicyclic) bond motifs is 1. The minimum absolute atomic E-state index is 0.0558. The number of urea groups is 1. The lowest BCUT2D eigenvalue weighted by molar-refractivity contribution is 0.207. The Morgan fingerprint density at radius 1 is 1.03 bits per heavy atom. The summed E-state index contributed by atoms with van der Waals surface area (Å²) in [6, 6.07) is 22.7. The predicted molar refractivity (Wildman–Crippen MR) is 147 cm³/mol. The average Bonchev–Trinajstić information content (AvgIpc) is 3.37. The fourth-order valence-electron chi connectivity index (χ4n) is 5.10. The van der Waals surface area contributed by atoms with Gasteiger partial charge in [-0.25, -0.2) is 13.2 Å². The lowest BCUT2D eigenvalue weighted by Gasteiger charge is -2.20. The Hall–Kier alpha value is -3.42. The summed E-state index contributed by atoms with van der Waals surface area (Å²) in [5.74, 6) is 0.232. The molecule has 2 unspecified atom stereocenters. The van der Waals surface area contributed by atoms with E-state index in [2.05, 4.69) is 28.5 Å². The van der Waals surface area contributed by atoms with Gasteiger partial charge in [-0.05, 0) is 52.4 Å². The van der Waals surface area contributed by atoms with Gasteiger partial charge in [-0.2, -0.15) is 0 Å². The first-order chi connectivity index (χ1) is 17.9. The molecular formula is C29H28ClN3O3S. The number of hydrogen-bond donors (Lipinski definition) is 1. The standard InChI is InChI=1S/C29H28ClN3O3S/c1-2-37(35,36)24-11-9-20(10-12-24)16-32-29(34)33-18-27(21-5-3-7-23(30)15-21)28(19-33)26-8-4-6-22-17-31-14-13-25(22)26/h3-15,17,27-28H,2,16,18-19H2,1H3,(H,32,34). The van der Waals surface area contributed by atoms with Crippen molar-refractivity contribution in [2.45, 2.75) is 30.2 Å². The Balaban J connectivity index is 1.37. The molecule has 6 nitrogen and oxygen atoms in total. The van der Waals surface area contributed by atoms with E-state index < -0.39 is 9.84 Å². The molecule has 2 atom stereocenters. The van der Waals surface area contributed by atoms with Gasteiger partial charge in [-0.3, -0.25) is 4.98 Å². The smallest absolute Gasteiger partial charge is 0.317 e. The normalized spacial score (nSPS) is 17.7. The lowest BCUT2D eigenvalue weighted by Crippen LogP contribution is -2.38. The number of nitrogens with zero attached hydrogens (tertiary/aromatic N) is 2. The Kier molecular flexibility index (Phi) is 7.17. The second-order valence-corrected chi connectivity index (χ2v) is 12.0. The summed E-state index contributed by atoms with van der Waals surface area (Å²) in [4.78, 5) is 19.7. The number of benzene rings is 3. The third-order valence-electron chi connectivity index (χ3n) is 7.10. The number of likely N-dealkylation sites (tertiary alicyclic amines) is 1. The zero-order chi connectivity index (χ0) is 26.0. The molecule has 0 radical (unpaired) electrons. The van der Waals surface area contributed by atoms with Crippen LogP contribution in [0.15, 0.2) is 90.1 Å². The number of nitrogens with one attached hydrogen (secondary N) is 1. The molecule has 37 heavy (non-hydrogen) atoms. The summed E-state index contributed by atoms with van der Waals surface area (Å²) < 4.78 is 24.1. The molecule has 0 saturated carbocycles. The molecule has 1 saturated heterocycles. The Labute approximate surface area is 222 Å². The van der Waals surface area contributed by atoms with Crippen LogP contribution in [0.4, 0.5) is 4.79 Å². The van der Waals surface area contributed by atoms with Crippen LogP contribution < -0.4 is 5.32 Å². The monoisotopic (exact) mass is 533 g/mol. The molecular weight excluding hydrogens is 506 g/mol. The van der Waals surface area contributed by atoms with E-state index in [9.17, 15) is 13.2 Å². The molecule has 190 valence electrons. The molecule has 8 heteroatoms. The van der Waals surface area contributed by atoms with Gasteiger partial charge in [0.1, 0.15) is 0 Å². The fraction of sp³-hybridized carbons (Fsp3) is 0.241. The minimum atomic E-state index is -3.25. The van der Waals surface area contributed by atoms with Gasteiger partial charge >= 0.3 is 6.03 Å². The highest BCUT2D eigenvalue weighted by Gasteiger charge is 2.37. The Morgan fingerprint density at radius 2 is 1.78 bits per heavy atom. The quantitative estimate of drug-likeness (QED) is 0.341. The summed E-state index contributed by atoms with van der Waals surface area (Å²) >= 11 is 6.34. The summed E-state index contributed by atoms with van der Waals surface area (Å²) in [5, 5.41) is 5.89. The van der Waals surface area contributed by atoms with Crippen LogP contribution in [0.25, 0.3) is 10.8 Å². The lowest BCUT2D eigenvalue weighted by atomic mass is 9.82. The van der Waals surface area contributed by atoms with Crippen LogP contribution in [0.2, 0.25) is 5.02 Å². The number of pyridine rings is 1. The third kappa shape index (κ3) is 5.33. The molecule has 1 aliphatic rings. The van der Waals surface area contributed by atoms with Crippen LogP contribution >= 0.6 is 11.6 Å². The van der Waals surface area contributed by atoms with Gasteiger partial charge in [0.2, 0.25) is 0 Å². The highest BCUT2D eigenvalue weighted by atomic mass is 35.5. The molecule has 2 amide bonds. The predicted octanol–water partition coefficient (Wildman–Crippen LogP) is 5.77. The maximum absolute atomic E-state index is 13.3. The molecule has 1 N–H and O–H groups in total. The van der Waals surface area contributed by atoms with E-state index in [1.165, 1.54) is 5.56 Å². The first-order valence-corrected chi connectivity index (χ1v) is 14.3. The van der Waals surface area contributed by atoms with E-state index in [0.29, 0.717) is 29.6 Å². The summed E-state index contributed by atoms with van der Waals surface area (Å²) in [7, 11) is -3.25. The first kappa shape index (κ1) is 25.2. The van der Waals surface area contributed by atoms with E-state index in [-0.39, 0.29) is 23.6 Å². The van der Waals surface area contributed by atoms with Crippen molar-refractivity contribution in [3.8, 4) is 0 Å². The maximum Gasteiger partial charge on any atom is 0.317 e. The van der Waals surface area contributed by atoms with E-state index in [0.717, 1.165) is 21.9 Å². The summed E-state index contributed by atoms with van der Waals surface area (Å²) in [6.45, 7) is 3.07. The van der Waals surface area contributed by atoms with Crippen LogP contribution in [0.1, 0.15) is 35.4 Å². The van der Waals surface area contributed by atoms with Crippen LogP contribution in [-0.2, 0) is 16.4 Å². The SMILES string of the molecule is CCS(=O)(=O)c1ccc(CNC(=O)N2CC(c3cccc(Cl)c3)C(c3cccc4cnccc34)C2)cc1. The number of halogens is 1. The van der Waals surface area contributed by atoms with Gasteiger partial charge < -0.3 is 10.2 Å². The molecule has 1 aliphatic heterocycles. The van der Waals surface area contributed by atoms with E-state index in [4.69, 9.17) is 11.6 Å². The molecule has 0 aliphatic carbocycles. The van der Waals surface area contributed by atoms with Crippen molar-refractivity contribution >= 4 is 38.2 Å². The molecule has 2 heterocycles. The highest BCUT2D eigenvalue weighted by molar-refractivity contribution is 7.91. The van der Waals surface area contributed by atoms with Crippen molar-refractivity contribution in [3.05, 3.63) is 107 Å². The zero-order valence-corrected chi connectivity index (χ0v) is 22.0. The second kappa shape index (κ2) is 10.5. The summed E-state index contributed by atoms with van der Waals surface area (Å²) in [5.41, 5.74) is 3.13. The number of sulfone groups is 1. The van der Waals surface area contributed by atoms with Gasteiger partial charge in [-0.1, -0.05) is 61.0 Å². The van der Waals surface area contributed by atoms with Gasteiger partial charge in [0, 0.05) is 54.3 Å². The fourth-order valence-corrected chi connectivity index (χ4v) is 6.18. The molecule has 1 aromatic heterocycles.